The van der Waals surface area contributed by atoms with Gasteiger partial charge in [-0.05, 0) is 34.6 Å². The van der Waals surface area contributed by atoms with Crippen LogP contribution in [0.25, 0.3) is 0 Å². The molecule has 1 aromatic heterocycles. The van der Waals surface area contributed by atoms with E-state index < -0.39 is 0 Å². The highest BCUT2D eigenvalue weighted by molar-refractivity contribution is 7.10. The number of carbonyl (C=O) groups excluding carboxylic acids is 2. The number of carbonyl (C=O) groups is 2. The molecule has 0 radical (unpaired) electrons. The van der Waals surface area contributed by atoms with Crippen molar-refractivity contribution < 1.29 is 14.3 Å². The van der Waals surface area contributed by atoms with E-state index in [1.165, 1.54) is 16.0 Å². The third-order valence-electron chi connectivity index (χ3n) is 5.84. The molecular formula is C23H30N4O3S. The number of ether oxygens (including phenoxy) is 1. The summed E-state index contributed by atoms with van der Waals surface area (Å²) in [4.78, 5) is 30.3. The van der Waals surface area contributed by atoms with Gasteiger partial charge in [0.05, 0.1) is 13.2 Å². The van der Waals surface area contributed by atoms with Gasteiger partial charge in [-0.2, -0.15) is 0 Å². The first kappa shape index (κ1) is 21.8. The second kappa shape index (κ2) is 10.7. The molecule has 7 nitrogen and oxygen atoms in total. The molecule has 2 aliphatic rings. The molecule has 166 valence electrons. The van der Waals surface area contributed by atoms with Crippen molar-refractivity contribution in [3.63, 3.8) is 0 Å². The quantitative estimate of drug-likeness (QED) is 0.690. The second-order valence-corrected chi connectivity index (χ2v) is 8.95. The monoisotopic (exact) mass is 442 g/mol. The van der Waals surface area contributed by atoms with E-state index >= 15 is 0 Å². The molecule has 0 spiro atoms. The van der Waals surface area contributed by atoms with Crippen LogP contribution in [0, 0.1) is 0 Å². The van der Waals surface area contributed by atoms with Crippen LogP contribution in [-0.2, 0) is 35.6 Å². The standard InChI is InChI=1S/C23H30N4O3S/c28-22(27-9-6-21-20(17-27)7-14-31-21)5-8-24-23(29)25-15-18-3-1-2-4-19(18)16-26-10-12-30-13-11-26/h1-4,7,14H,5-6,8-13,15-17H2,(H2,24,25,29). The Bertz CT molecular complexity index is 894. The number of benzene rings is 1. The Balaban J connectivity index is 1.18. The highest BCUT2D eigenvalue weighted by Gasteiger charge is 2.21. The van der Waals surface area contributed by atoms with Crippen LogP contribution < -0.4 is 10.6 Å². The molecule has 0 bridgehead atoms. The van der Waals surface area contributed by atoms with E-state index in [2.05, 4.69) is 39.1 Å². The maximum Gasteiger partial charge on any atom is 0.315 e. The van der Waals surface area contributed by atoms with Crippen LogP contribution in [0.15, 0.2) is 35.7 Å². The summed E-state index contributed by atoms with van der Waals surface area (Å²) in [5.41, 5.74) is 3.59. The van der Waals surface area contributed by atoms with Crippen LogP contribution in [0.2, 0.25) is 0 Å². The number of urea groups is 1. The lowest BCUT2D eigenvalue weighted by Crippen LogP contribution is -2.40. The average Bonchev–Trinajstić information content (AvgIpc) is 3.27. The number of morpholine rings is 1. The molecule has 2 N–H and O–H groups in total. The first-order chi connectivity index (χ1) is 15.2. The van der Waals surface area contributed by atoms with Crippen LogP contribution in [0.4, 0.5) is 4.79 Å². The van der Waals surface area contributed by atoms with Gasteiger partial charge in [-0.15, -0.1) is 11.3 Å². The summed E-state index contributed by atoms with van der Waals surface area (Å²) in [5.74, 6) is 0.0907. The van der Waals surface area contributed by atoms with Crippen molar-refractivity contribution in [1.29, 1.82) is 0 Å². The maximum absolute atomic E-state index is 12.5. The zero-order valence-corrected chi connectivity index (χ0v) is 18.6. The zero-order valence-electron chi connectivity index (χ0n) is 17.8. The fourth-order valence-corrected chi connectivity index (χ4v) is 4.91. The van der Waals surface area contributed by atoms with Gasteiger partial charge in [0.1, 0.15) is 0 Å². The second-order valence-electron chi connectivity index (χ2n) is 7.95. The Labute approximate surface area is 187 Å². The molecule has 0 saturated carbocycles. The van der Waals surface area contributed by atoms with Gasteiger partial charge in [-0.1, -0.05) is 24.3 Å². The molecule has 0 unspecified atom stereocenters. The van der Waals surface area contributed by atoms with Gasteiger partial charge in [0.25, 0.3) is 0 Å². The minimum absolute atomic E-state index is 0.0907. The molecule has 1 aromatic carbocycles. The van der Waals surface area contributed by atoms with Crippen molar-refractivity contribution >= 4 is 23.3 Å². The summed E-state index contributed by atoms with van der Waals surface area (Å²) >= 11 is 1.76. The smallest absolute Gasteiger partial charge is 0.315 e. The van der Waals surface area contributed by atoms with Gasteiger partial charge >= 0.3 is 6.03 Å². The summed E-state index contributed by atoms with van der Waals surface area (Å²) in [5, 5.41) is 7.83. The van der Waals surface area contributed by atoms with E-state index in [1.807, 2.05) is 17.0 Å². The third-order valence-corrected chi connectivity index (χ3v) is 6.86. The number of rotatable bonds is 7. The molecule has 3 heterocycles. The molecule has 3 amide bonds. The molecule has 2 aromatic rings. The van der Waals surface area contributed by atoms with E-state index in [0.29, 0.717) is 26.1 Å². The van der Waals surface area contributed by atoms with Crippen molar-refractivity contribution in [2.75, 3.05) is 39.4 Å². The van der Waals surface area contributed by atoms with Crippen LogP contribution in [0.5, 0.6) is 0 Å². The third kappa shape index (κ3) is 6.06. The van der Waals surface area contributed by atoms with Gasteiger partial charge in [0, 0.05) is 57.1 Å². The average molecular weight is 443 g/mol. The number of hydrogen-bond acceptors (Lipinski definition) is 5. The van der Waals surface area contributed by atoms with E-state index in [0.717, 1.165) is 51.4 Å². The van der Waals surface area contributed by atoms with Crippen molar-refractivity contribution in [2.24, 2.45) is 0 Å². The normalized spacial score (nSPS) is 16.6. The molecular weight excluding hydrogens is 412 g/mol. The van der Waals surface area contributed by atoms with Crippen molar-refractivity contribution in [2.45, 2.75) is 32.5 Å². The Kier molecular flexibility index (Phi) is 7.56. The SMILES string of the molecule is O=C(NCCC(=O)N1CCc2sccc2C1)NCc1ccccc1CN1CCOCC1. The van der Waals surface area contributed by atoms with Crippen molar-refractivity contribution in [3.05, 3.63) is 57.3 Å². The summed E-state index contributed by atoms with van der Waals surface area (Å²) in [6.45, 7) is 6.52. The van der Waals surface area contributed by atoms with Gasteiger partial charge in [0.15, 0.2) is 0 Å². The minimum atomic E-state index is -0.243. The Morgan fingerprint density at radius 1 is 1.03 bits per heavy atom. The number of thiophene rings is 1. The molecule has 4 rings (SSSR count). The Hall–Kier alpha value is -2.42. The predicted molar refractivity (Wildman–Crippen MR) is 121 cm³/mol. The van der Waals surface area contributed by atoms with Crippen LogP contribution in [0.3, 0.4) is 0 Å². The first-order valence-electron chi connectivity index (χ1n) is 10.9. The van der Waals surface area contributed by atoms with Crippen molar-refractivity contribution in [1.82, 2.24) is 20.4 Å². The van der Waals surface area contributed by atoms with E-state index in [4.69, 9.17) is 4.74 Å². The summed E-state index contributed by atoms with van der Waals surface area (Å²) < 4.78 is 5.42. The predicted octanol–water partition coefficient (Wildman–Crippen LogP) is 2.35. The van der Waals surface area contributed by atoms with Crippen LogP contribution in [0.1, 0.15) is 28.0 Å². The van der Waals surface area contributed by atoms with Gasteiger partial charge in [-0.3, -0.25) is 9.69 Å². The summed E-state index contributed by atoms with van der Waals surface area (Å²) in [7, 11) is 0. The van der Waals surface area contributed by atoms with E-state index in [9.17, 15) is 9.59 Å². The highest BCUT2D eigenvalue weighted by Crippen LogP contribution is 2.24. The Morgan fingerprint density at radius 2 is 1.84 bits per heavy atom. The lowest BCUT2D eigenvalue weighted by atomic mass is 10.1. The fraction of sp³-hybridized carbons (Fsp3) is 0.478. The molecule has 1 saturated heterocycles. The number of hydrogen-bond donors (Lipinski definition) is 2. The highest BCUT2D eigenvalue weighted by atomic mass is 32.1. The van der Waals surface area contributed by atoms with E-state index in [1.54, 1.807) is 11.3 Å². The number of amides is 3. The maximum atomic E-state index is 12.5. The molecule has 0 atom stereocenters. The molecule has 2 aliphatic heterocycles. The molecule has 1 fully saturated rings. The number of fused-ring (bicyclic) bond motifs is 1. The van der Waals surface area contributed by atoms with Gasteiger partial charge < -0.3 is 20.3 Å². The molecule has 8 heteroatoms. The van der Waals surface area contributed by atoms with Crippen LogP contribution >= 0.6 is 11.3 Å². The molecule has 0 aliphatic carbocycles. The van der Waals surface area contributed by atoms with Gasteiger partial charge in [0.2, 0.25) is 5.91 Å². The zero-order chi connectivity index (χ0) is 21.5. The lowest BCUT2D eigenvalue weighted by Gasteiger charge is -2.27. The topological polar surface area (TPSA) is 73.9 Å². The van der Waals surface area contributed by atoms with Gasteiger partial charge in [-0.25, -0.2) is 4.79 Å². The number of nitrogens with one attached hydrogen (secondary N) is 2. The van der Waals surface area contributed by atoms with Crippen molar-refractivity contribution in [3.8, 4) is 0 Å². The first-order valence-corrected chi connectivity index (χ1v) is 11.8. The van der Waals surface area contributed by atoms with E-state index in [-0.39, 0.29) is 11.9 Å². The number of nitrogens with zero attached hydrogens (tertiary/aromatic N) is 2. The molecule has 31 heavy (non-hydrogen) atoms. The largest absolute Gasteiger partial charge is 0.379 e. The summed E-state index contributed by atoms with van der Waals surface area (Å²) in [6, 6.07) is 10.0. The van der Waals surface area contributed by atoms with Crippen LogP contribution in [-0.4, -0.2) is 61.1 Å². The fourth-order valence-electron chi connectivity index (χ4n) is 4.02. The Morgan fingerprint density at radius 3 is 2.68 bits per heavy atom. The minimum Gasteiger partial charge on any atom is -0.379 e. The lowest BCUT2D eigenvalue weighted by molar-refractivity contribution is -0.131. The summed E-state index contributed by atoms with van der Waals surface area (Å²) in [6.07, 6.45) is 1.25.